The molecule has 2 unspecified atom stereocenters. The van der Waals surface area contributed by atoms with Gasteiger partial charge in [0, 0.05) is 6.42 Å². The first-order valence-corrected chi connectivity index (χ1v) is 10.0. The maximum absolute atomic E-state index is 12.0. The van der Waals surface area contributed by atoms with E-state index >= 15 is 0 Å². The molecule has 1 spiro atoms. The van der Waals surface area contributed by atoms with Gasteiger partial charge in [-0.25, -0.2) is 0 Å². The molecular formula is C19H25BrO2. The van der Waals surface area contributed by atoms with Gasteiger partial charge in [0.15, 0.2) is 5.78 Å². The van der Waals surface area contributed by atoms with Crippen molar-refractivity contribution in [2.45, 2.75) is 70.0 Å². The largest absolute Gasteiger partial charge is 0.357 e. The van der Waals surface area contributed by atoms with Crippen LogP contribution in [0.3, 0.4) is 0 Å². The van der Waals surface area contributed by atoms with Crippen molar-refractivity contribution in [1.82, 2.24) is 0 Å². The fraction of sp³-hybridized carbons (Fsp3) is 0.842. The number of Topliss-reactive ketones (excluding diaryl/α,β-unsaturated/α-hetero) is 1. The second kappa shape index (κ2) is 4.47. The van der Waals surface area contributed by atoms with Gasteiger partial charge in [0.2, 0.25) is 0 Å². The highest BCUT2D eigenvalue weighted by Gasteiger charge is 2.71. The van der Waals surface area contributed by atoms with Crippen molar-refractivity contribution in [3.63, 3.8) is 0 Å². The molecule has 5 fully saturated rings. The lowest BCUT2D eigenvalue weighted by molar-refractivity contribution is -0.122. The summed E-state index contributed by atoms with van der Waals surface area (Å²) in [5.41, 5.74) is 2.08. The number of allylic oxidation sites excluding steroid dienone is 1. The summed E-state index contributed by atoms with van der Waals surface area (Å²) < 4.78 is 6.04. The van der Waals surface area contributed by atoms with E-state index in [1.807, 2.05) is 0 Å². The summed E-state index contributed by atoms with van der Waals surface area (Å²) in [7, 11) is 0. The van der Waals surface area contributed by atoms with E-state index in [1.54, 1.807) is 5.57 Å². The van der Waals surface area contributed by atoms with Crippen LogP contribution >= 0.6 is 15.9 Å². The van der Waals surface area contributed by atoms with E-state index in [2.05, 4.69) is 27.8 Å². The summed E-state index contributed by atoms with van der Waals surface area (Å²) in [6.45, 7) is 2.51. The van der Waals surface area contributed by atoms with E-state index in [-0.39, 0.29) is 11.7 Å². The lowest BCUT2D eigenvalue weighted by atomic mass is 9.50. The van der Waals surface area contributed by atoms with Crippen LogP contribution in [0.4, 0.5) is 0 Å². The number of hydrogen-bond donors (Lipinski definition) is 0. The van der Waals surface area contributed by atoms with Crippen molar-refractivity contribution < 1.29 is 9.53 Å². The van der Waals surface area contributed by atoms with Crippen LogP contribution in [-0.2, 0) is 9.53 Å². The molecule has 120 valence electrons. The molecule has 0 aromatic heterocycles. The molecular weight excluding hydrogens is 340 g/mol. The number of carbonyl (C=O) groups is 1. The Hall–Kier alpha value is -0.150. The van der Waals surface area contributed by atoms with E-state index < -0.39 is 0 Å². The third-order valence-corrected chi connectivity index (χ3v) is 8.76. The summed E-state index contributed by atoms with van der Waals surface area (Å²) in [6.07, 6.45) is 9.63. The molecule has 3 heteroatoms. The van der Waals surface area contributed by atoms with Gasteiger partial charge in [-0.3, -0.25) is 4.79 Å². The SMILES string of the molecule is C[C@]12CC[C@H]3[C@@H](CCC45OC4C(=O)CC[C@H]35)[C@@H]1CC/C2=C\Br. The number of rotatable bonds is 0. The van der Waals surface area contributed by atoms with Gasteiger partial charge in [0.1, 0.15) is 11.7 Å². The first kappa shape index (κ1) is 14.2. The number of ether oxygens (including phenoxy) is 1. The quantitative estimate of drug-likeness (QED) is 0.587. The molecule has 0 bridgehead atoms. The Balaban J connectivity index is 1.46. The Bertz CT molecular complexity index is 570. The van der Waals surface area contributed by atoms with Crippen molar-refractivity contribution in [3.8, 4) is 0 Å². The van der Waals surface area contributed by atoms with Crippen molar-refractivity contribution >= 4 is 21.7 Å². The summed E-state index contributed by atoms with van der Waals surface area (Å²) in [5.74, 6) is 3.62. The van der Waals surface area contributed by atoms with E-state index in [0.29, 0.717) is 17.1 Å². The normalized spacial score (nSPS) is 57.8. The molecule has 5 rings (SSSR count). The molecule has 1 aliphatic heterocycles. The number of halogens is 1. The number of fused-ring (bicyclic) bond motifs is 4. The highest BCUT2D eigenvalue weighted by molar-refractivity contribution is 9.11. The zero-order valence-corrected chi connectivity index (χ0v) is 14.9. The van der Waals surface area contributed by atoms with Crippen LogP contribution in [0.2, 0.25) is 0 Å². The second-order valence-corrected chi connectivity index (χ2v) is 9.12. The van der Waals surface area contributed by atoms with Crippen molar-refractivity contribution in [2.75, 3.05) is 0 Å². The zero-order valence-electron chi connectivity index (χ0n) is 13.3. The lowest BCUT2D eigenvalue weighted by Gasteiger charge is -2.54. The third kappa shape index (κ3) is 1.58. The molecule has 0 radical (unpaired) electrons. The topological polar surface area (TPSA) is 29.6 Å². The molecule has 0 N–H and O–H groups in total. The summed E-state index contributed by atoms with van der Waals surface area (Å²) in [6, 6.07) is 0. The van der Waals surface area contributed by atoms with Gasteiger partial charge in [-0.1, -0.05) is 28.4 Å². The van der Waals surface area contributed by atoms with Crippen LogP contribution in [0, 0.1) is 29.1 Å². The average molecular weight is 365 g/mol. The Kier molecular flexibility index (Phi) is 2.89. The minimum absolute atomic E-state index is 0.00304. The number of epoxide rings is 1. The number of ketones is 1. The minimum Gasteiger partial charge on any atom is -0.357 e. The number of carbonyl (C=O) groups excluding carboxylic acids is 1. The van der Waals surface area contributed by atoms with Crippen LogP contribution in [0.5, 0.6) is 0 Å². The molecule has 4 saturated carbocycles. The zero-order chi connectivity index (χ0) is 15.1. The summed E-state index contributed by atoms with van der Waals surface area (Å²) in [4.78, 5) is 14.2. The van der Waals surface area contributed by atoms with Gasteiger partial charge >= 0.3 is 0 Å². The van der Waals surface area contributed by atoms with Crippen LogP contribution in [0.25, 0.3) is 0 Å². The maximum Gasteiger partial charge on any atom is 0.164 e. The van der Waals surface area contributed by atoms with Gasteiger partial charge < -0.3 is 4.74 Å². The van der Waals surface area contributed by atoms with Gasteiger partial charge in [-0.05, 0) is 79.0 Å². The molecule has 0 aromatic carbocycles. The van der Waals surface area contributed by atoms with Crippen molar-refractivity contribution in [1.29, 1.82) is 0 Å². The smallest absolute Gasteiger partial charge is 0.164 e. The van der Waals surface area contributed by atoms with E-state index in [1.165, 1.54) is 32.1 Å². The standard InChI is InChI=1S/C19H25BrO2/c1-18-8-6-13-12(14(18)3-2-11(18)10-20)7-9-19-15(13)4-5-16(21)17(19)22-19/h10,12-15,17H,2-9H2,1H3/b11-10+/t12-,13+,14+,15-,17?,18-,19?/m1/s1. The molecule has 7 atom stereocenters. The molecule has 22 heavy (non-hydrogen) atoms. The predicted molar refractivity (Wildman–Crippen MR) is 88.6 cm³/mol. The summed E-state index contributed by atoms with van der Waals surface area (Å²) >= 11 is 3.62. The van der Waals surface area contributed by atoms with Crippen LogP contribution in [0.15, 0.2) is 10.6 Å². The molecule has 4 aliphatic carbocycles. The van der Waals surface area contributed by atoms with E-state index in [9.17, 15) is 4.79 Å². The Labute approximate surface area is 141 Å². The lowest BCUT2D eigenvalue weighted by Crippen LogP contribution is -2.51. The van der Waals surface area contributed by atoms with Gasteiger partial charge in [-0.15, -0.1) is 0 Å². The monoisotopic (exact) mass is 364 g/mol. The fourth-order valence-corrected chi connectivity index (χ4v) is 7.83. The predicted octanol–water partition coefficient (Wildman–Crippen LogP) is 4.62. The van der Waals surface area contributed by atoms with Gasteiger partial charge in [0.25, 0.3) is 0 Å². The third-order valence-electron chi connectivity index (χ3n) is 8.20. The summed E-state index contributed by atoms with van der Waals surface area (Å²) in [5, 5.41) is 0. The minimum atomic E-state index is -0.0120. The average Bonchev–Trinajstić information content (AvgIpc) is 3.15. The molecule has 5 aliphatic rings. The fourth-order valence-electron chi connectivity index (χ4n) is 7.08. The van der Waals surface area contributed by atoms with Crippen LogP contribution in [0.1, 0.15) is 58.3 Å². The Morgan fingerprint density at radius 2 is 1.82 bits per heavy atom. The first-order chi connectivity index (χ1) is 10.6. The van der Waals surface area contributed by atoms with E-state index in [4.69, 9.17) is 4.74 Å². The van der Waals surface area contributed by atoms with Crippen LogP contribution in [-0.4, -0.2) is 17.5 Å². The molecule has 1 saturated heterocycles. The first-order valence-electron chi connectivity index (χ1n) is 9.10. The van der Waals surface area contributed by atoms with Crippen molar-refractivity contribution in [2.24, 2.45) is 29.1 Å². The van der Waals surface area contributed by atoms with Crippen molar-refractivity contribution in [3.05, 3.63) is 10.6 Å². The van der Waals surface area contributed by atoms with E-state index in [0.717, 1.165) is 37.0 Å². The van der Waals surface area contributed by atoms with Crippen LogP contribution < -0.4 is 0 Å². The molecule has 0 aromatic rings. The molecule has 1 heterocycles. The van der Waals surface area contributed by atoms with Gasteiger partial charge in [0.05, 0.1) is 0 Å². The number of hydrogen-bond acceptors (Lipinski definition) is 2. The molecule has 0 amide bonds. The highest BCUT2D eigenvalue weighted by atomic mass is 79.9. The highest BCUT2D eigenvalue weighted by Crippen LogP contribution is 2.68. The molecule has 2 nitrogen and oxygen atoms in total. The Morgan fingerprint density at radius 1 is 1.09 bits per heavy atom. The maximum atomic E-state index is 12.0. The second-order valence-electron chi connectivity index (χ2n) is 8.67. The van der Waals surface area contributed by atoms with Gasteiger partial charge in [-0.2, -0.15) is 0 Å². The Morgan fingerprint density at radius 3 is 2.64 bits per heavy atom.